The monoisotopic (exact) mass is 326 g/mol. The van der Waals surface area contributed by atoms with Gasteiger partial charge < -0.3 is 8.83 Å². The average Bonchev–Trinajstić information content (AvgIpc) is 3.12. The van der Waals surface area contributed by atoms with Gasteiger partial charge in [-0.25, -0.2) is 4.79 Å². The zero-order valence-electron chi connectivity index (χ0n) is 14.0. The Hall–Kier alpha value is -2.89. The number of aryl methyl sites for hydroxylation is 2. The third kappa shape index (κ3) is 2.71. The van der Waals surface area contributed by atoms with E-state index in [-0.39, 0.29) is 18.2 Å². The van der Waals surface area contributed by atoms with Gasteiger partial charge in [0, 0.05) is 5.56 Å². The Balaban J connectivity index is 2.05. The van der Waals surface area contributed by atoms with E-state index in [1.807, 2.05) is 26.8 Å². The fourth-order valence-electron chi connectivity index (χ4n) is 3.07. The second-order valence-electron chi connectivity index (χ2n) is 5.85. The number of benzene rings is 1. The van der Waals surface area contributed by atoms with E-state index in [0.717, 1.165) is 22.3 Å². The van der Waals surface area contributed by atoms with Crippen LogP contribution < -0.4 is 5.76 Å². The van der Waals surface area contributed by atoms with E-state index < -0.39 is 5.76 Å². The van der Waals surface area contributed by atoms with E-state index in [1.165, 1.54) is 10.9 Å². The van der Waals surface area contributed by atoms with Crippen molar-refractivity contribution in [2.75, 3.05) is 0 Å². The maximum atomic E-state index is 12.1. The molecule has 0 N–H and O–H groups in total. The smallest absolute Gasteiger partial charge is 0.437 e. The summed E-state index contributed by atoms with van der Waals surface area (Å²) in [4.78, 5) is 24.0. The van der Waals surface area contributed by atoms with Crippen LogP contribution in [0.4, 0.5) is 0 Å². The van der Waals surface area contributed by atoms with Gasteiger partial charge >= 0.3 is 5.76 Å². The number of furan rings is 1. The predicted molar refractivity (Wildman–Crippen MR) is 88.2 cm³/mol. The molecule has 0 radical (unpaired) electrons. The Morgan fingerprint density at radius 2 is 2.00 bits per heavy atom. The SMILES string of the molecule is CC(=O)c1c(C)cc(C)c(Cn2nc(-c3ccco3)oc2=O)c1C. The van der Waals surface area contributed by atoms with Gasteiger partial charge in [-0.3, -0.25) is 4.79 Å². The first kappa shape index (κ1) is 16.0. The quantitative estimate of drug-likeness (QED) is 0.688. The summed E-state index contributed by atoms with van der Waals surface area (Å²) >= 11 is 0. The molecular formula is C18H18N2O4. The Kier molecular flexibility index (Phi) is 3.97. The summed E-state index contributed by atoms with van der Waals surface area (Å²) in [5.41, 5.74) is 4.40. The van der Waals surface area contributed by atoms with Crippen molar-refractivity contribution in [3.05, 3.63) is 62.8 Å². The number of ketones is 1. The van der Waals surface area contributed by atoms with Crippen molar-refractivity contribution in [3.63, 3.8) is 0 Å². The molecule has 0 aliphatic heterocycles. The maximum absolute atomic E-state index is 12.1. The minimum Gasteiger partial charge on any atom is -0.459 e. The molecular weight excluding hydrogens is 308 g/mol. The summed E-state index contributed by atoms with van der Waals surface area (Å²) in [7, 11) is 0. The van der Waals surface area contributed by atoms with Crippen molar-refractivity contribution in [3.8, 4) is 11.7 Å². The van der Waals surface area contributed by atoms with E-state index >= 15 is 0 Å². The van der Waals surface area contributed by atoms with Crippen LogP contribution >= 0.6 is 0 Å². The number of carbonyl (C=O) groups is 1. The van der Waals surface area contributed by atoms with Crippen molar-refractivity contribution in [2.45, 2.75) is 34.2 Å². The first-order valence-corrected chi connectivity index (χ1v) is 7.61. The van der Waals surface area contributed by atoms with Crippen LogP contribution in [-0.4, -0.2) is 15.6 Å². The van der Waals surface area contributed by atoms with Crippen molar-refractivity contribution in [1.82, 2.24) is 9.78 Å². The number of hydrogen-bond donors (Lipinski definition) is 0. The molecule has 1 aromatic carbocycles. The second-order valence-corrected chi connectivity index (χ2v) is 5.85. The highest BCUT2D eigenvalue weighted by Gasteiger charge is 2.18. The topological polar surface area (TPSA) is 78.2 Å². The van der Waals surface area contributed by atoms with Gasteiger partial charge in [-0.05, 0) is 62.1 Å². The first-order valence-electron chi connectivity index (χ1n) is 7.61. The third-order valence-electron chi connectivity index (χ3n) is 4.13. The van der Waals surface area contributed by atoms with Gasteiger partial charge in [0.2, 0.25) is 0 Å². The zero-order valence-corrected chi connectivity index (χ0v) is 14.0. The molecule has 0 aliphatic rings. The summed E-state index contributed by atoms with van der Waals surface area (Å²) in [5, 5.41) is 4.19. The van der Waals surface area contributed by atoms with E-state index in [4.69, 9.17) is 8.83 Å². The second kappa shape index (κ2) is 5.96. The highest BCUT2D eigenvalue weighted by atomic mass is 16.4. The van der Waals surface area contributed by atoms with Crippen LogP contribution in [0.15, 0.2) is 38.1 Å². The van der Waals surface area contributed by atoms with Gasteiger partial charge in [0.15, 0.2) is 11.5 Å². The number of hydrogen-bond acceptors (Lipinski definition) is 5. The van der Waals surface area contributed by atoms with E-state index in [2.05, 4.69) is 5.10 Å². The van der Waals surface area contributed by atoms with Crippen LogP contribution in [0.1, 0.15) is 39.5 Å². The molecule has 3 rings (SSSR count). The standard InChI is InChI=1S/C18H18N2O4/c1-10-8-11(2)16(13(4)21)12(3)14(10)9-20-18(22)24-17(19-20)15-6-5-7-23-15/h5-8H,9H2,1-4H3. The highest BCUT2D eigenvalue weighted by molar-refractivity contribution is 5.97. The number of nitrogens with zero attached hydrogens (tertiary/aromatic N) is 2. The molecule has 0 saturated carbocycles. The Labute approximate surface area is 138 Å². The van der Waals surface area contributed by atoms with Gasteiger partial charge in [0.1, 0.15) is 0 Å². The molecule has 124 valence electrons. The minimum absolute atomic E-state index is 0.00928. The van der Waals surface area contributed by atoms with Crippen LogP contribution in [-0.2, 0) is 6.54 Å². The number of carbonyl (C=O) groups excluding carboxylic acids is 1. The van der Waals surface area contributed by atoms with Gasteiger partial charge in [0.25, 0.3) is 5.89 Å². The van der Waals surface area contributed by atoms with Crippen LogP contribution in [0, 0.1) is 20.8 Å². The molecule has 6 nitrogen and oxygen atoms in total. The molecule has 0 saturated heterocycles. The number of Topliss-reactive ketones (excluding diaryl/α,β-unsaturated/α-hetero) is 1. The van der Waals surface area contributed by atoms with Gasteiger partial charge in [-0.2, -0.15) is 4.68 Å². The van der Waals surface area contributed by atoms with Crippen LogP contribution in [0.3, 0.4) is 0 Å². The highest BCUT2D eigenvalue weighted by Crippen LogP contribution is 2.24. The molecule has 0 atom stereocenters. The van der Waals surface area contributed by atoms with Crippen molar-refractivity contribution in [1.29, 1.82) is 0 Å². The lowest BCUT2D eigenvalue weighted by molar-refractivity contribution is 0.101. The summed E-state index contributed by atoms with van der Waals surface area (Å²) in [6.07, 6.45) is 1.49. The predicted octanol–water partition coefficient (Wildman–Crippen LogP) is 3.27. The Morgan fingerprint density at radius 3 is 2.62 bits per heavy atom. The summed E-state index contributed by atoms with van der Waals surface area (Å²) in [6.45, 7) is 7.55. The van der Waals surface area contributed by atoms with E-state index in [9.17, 15) is 9.59 Å². The van der Waals surface area contributed by atoms with Crippen LogP contribution in [0.25, 0.3) is 11.7 Å². The van der Waals surface area contributed by atoms with Gasteiger partial charge in [0.05, 0.1) is 12.8 Å². The Bertz CT molecular complexity index is 962. The third-order valence-corrected chi connectivity index (χ3v) is 4.13. The molecule has 24 heavy (non-hydrogen) atoms. The lowest BCUT2D eigenvalue weighted by atomic mass is 9.91. The molecule has 3 aromatic rings. The summed E-state index contributed by atoms with van der Waals surface area (Å²) in [5.74, 6) is -0.0213. The average molecular weight is 326 g/mol. The fourth-order valence-corrected chi connectivity index (χ4v) is 3.07. The van der Waals surface area contributed by atoms with Gasteiger partial charge in [-0.1, -0.05) is 6.07 Å². The maximum Gasteiger partial charge on any atom is 0.437 e. The molecule has 0 aliphatic carbocycles. The molecule has 2 heterocycles. The normalized spacial score (nSPS) is 11.0. The number of rotatable bonds is 4. The first-order chi connectivity index (χ1) is 11.4. The molecule has 0 fully saturated rings. The van der Waals surface area contributed by atoms with Crippen LogP contribution in [0.2, 0.25) is 0 Å². The molecule has 2 aromatic heterocycles. The van der Waals surface area contributed by atoms with Crippen molar-refractivity contribution in [2.24, 2.45) is 0 Å². The number of aromatic nitrogens is 2. The zero-order chi connectivity index (χ0) is 17.4. The minimum atomic E-state index is -0.565. The van der Waals surface area contributed by atoms with Gasteiger partial charge in [-0.15, -0.1) is 5.10 Å². The lowest BCUT2D eigenvalue weighted by Crippen LogP contribution is -2.19. The molecule has 0 unspecified atom stereocenters. The summed E-state index contributed by atoms with van der Waals surface area (Å²) < 4.78 is 11.6. The lowest BCUT2D eigenvalue weighted by Gasteiger charge is -2.15. The van der Waals surface area contributed by atoms with Crippen molar-refractivity contribution < 1.29 is 13.6 Å². The largest absolute Gasteiger partial charge is 0.459 e. The molecule has 0 amide bonds. The van der Waals surface area contributed by atoms with E-state index in [1.54, 1.807) is 19.1 Å². The van der Waals surface area contributed by atoms with Crippen LogP contribution in [0.5, 0.6) is 0 Å². The fraction of sp³-hybridized carbons (Fsp3) is 0.278. The van der Waals surface area contributed by atoms with E-state index in [0.29, 0.717) is 11.3 Å². The Morgan fingerprint density at radius 1 is 1.25 bits per heavy atom. The van der Waals surface area contributed by atoms with Crippen molar-refractivity contribution >= 4 is 5.78 Å². The molecule has 6 heteroatoms. The molecule has 0 bridgehead atoms. The summed E-state index contributed by atoms with van der Waals surface area (Å²) in [6, 6.07) is 5.32. The molecule has 0 spiro atoms.